The topological polar surface area (TPSA) is 159 Å². The lowest BCUT2D eigenvalue weighted by Gasteiger charge is -2.28. The maximum Gasteiger partial charge on any atom is 0.277 e. The van der Waals surface area contributed by atoms with Crippen molar-refractivity contribution in [1.29, 1.82) is 0 Å². The zero-order valence-corrected chi connectivity index (χ0v) is 23.1. The highest BCUT2D eigenvalue weighted by atomic mass is 35.7. The SMILES string of the molecule is Cc1ccc(S(=O)(=O)N[C@H](c2ccccc2)[C@@H](C(=O)N(C)C)[S+](C)c2ccccc2)cc1.[O-][Cl+3]([O-])([O-])[O-]. The van der Waals surface area contributed by atoms with Crippen molar-refractivity contribution in [1.82, 2.24) is 9.62 Å². The molecule has 0 aliphatic carbocycles. The third-order valence-corrected chi connectivity index (χ3v) is 8.96. The number of aryl methyl sites for hydroxylation is 1. The van der Waals surface area contributed by atoms with Crippen molar-refractivity contribution in [2.75, 3.05) is 20.4 Å². The molecule has 1 N–H and O–H groups in total. The lowest BCUT2D eigenvalue weighted by atomic mass is 10.0. The number of rotatable bonds is 8. The maximum absolute atomic E-state index is 13.4. The number of nitrogens with one attached hydrogen (secondary N) is 1. The molecule has 0 saturated carbocycles. The summed E-state index contributed by atoms with van der Waals surface area (Å²) in [6.45, 7) is 1.91. The molecule has 200 valence electrons. The van der Waals surface area contributed by atoms with Gasteiger partial charge in [-0.3, -0.25) is 4.79 Å². The summed E-state index contributed by atoms with van der Waals surface area (Å²) in [6.07, 6.45) is 2.00. The molecule has 0 bridgehead atoms. The van der Waals surface area contributed by atoms with Gasteiger partial charge in [-0.05, 0) is 36.8 Å². The van der Waals surface area contributed by atoms with Crippen LogP contribution in [0.3, 0.4) is 0 Å². The maximum atomic E-state index is 13.4. The van der Waals surface area contributed by atoms with Gasteiger partial charge in [0.15, 0.2) is 4.90 Å². The van der Waals surface area contributed by atoms with Gasteiger partial charge in [0.05, 0.1) is 4.90 Å². The van der Waals surface area contributed by atoms with Crippen LogP contribution in [-0.2, 0) is 25.7 Å². The van der Waals surface area contributed by atoms with Gasteiger partial charge >= 0.3 is 0 Å². The molecule has 0 heterocycles. The third-order valence-electron chi connectivity index (χ3n) is 5.25. The second-order valence-corrected chi connectivity index (χ2v) is 12.8. The van der Waals surface area contributed by atoms with Crippen molar-refractivity contribution < 1.29 is 42.1 Å². The van der Waals surface area contributed by atoms with Gasteiger partial charge in [-0.2, -0.15) is 4.72 Å². The molecule has 0 saturated heterocycles. The van der Waals surface area contributed by atoms with E-state index >= 15 is 0 Å². The highest BCUT2D eigenvalue weighted by Crippen LogP contribution is 2.30. The average Bonchev–Trinajstić information content (AvgIpc) is 2.83. The Labute approximate surface area is 222 Å². The summed E-state index contributed by atoms with van der Waals surface area (Å²) in [5.74, 6) is -0.125. The van der Waals surface area contributed by atoms with Gasteiger partial charge in [0.25, 0.3) is 5.91 Å². The second-order valence-electron chi connectivity index (χ2n) is 8.22. The number of halogens is 1. The third kappa shape index (κ3) is 9.72. The fourth-order valence-corrected chi connectivity index (χ4v) is 6.80. The van der Waals surface area contributed by atoms with Crippen LogP contribution in [0, 0.1) is 17.2 Å². The van der Waals surface area contributed by atoms with E-state index in [1.807, 2.05) is 73.8 Å². The molecule has 3 aromatic carbocycles. The van der Waals surface area contributed by atoms with E-state index in [-0.39, 0.29) is 10.8 Å². The van der Waals surface area contributed by atoms with Gasteiger partial charge in [-0.25, -0.2) is 27.1 Å². The lowest BCUT2D eigenvalue weighted by Crippen LogP contribution is -2.68. The molecule has 0 aromatic heterocycles. The predicted octanol–water partition coefficient (Wildman–Crippen LogP) is -0.977. The Balaban J connectivity index is 0.000000877. The van der Waals surface area contributed by atoms with Crippen molar-refractivity contribution in [3.63, 3.8) is 0 Å². The van der Waals surface area contributed by atoms with Gasteiger partial charge in [-0.15, -0.1) is 10.2 Å². The molecular formula is C25H29ClN2O7S2. The second kappa shape index (κ2) is 13.4. The zero-order valence-electron chi connectivity index (χ0n) is 20.7. The molecule has 0 aliphatic heterocycles. The number of sulfonamides is 1. The molecule has 3 aromatic rings. The van der Waals surface area contributed by atoms with Crippen molar-refractivity contribution in [3.05, 3.63) is 96.1 Å². The van der Waals surface area contributed by atoms with Gasteiger partial charge in [0, 0.05) is 25.0 Å². The summed E-state index contributed by atoms with van der Waals surface area (Å²) in [7, 11) is -5.97. The molecule has 0 radical (unpaired) electrons. The van der Waals surface area contributed by atoms with Crippen molar-refractivity contribution in [2.45, 2.75) is 28.0 Å². The quantitative estimate of drug-likeness (QED) is 0.342. The molecule has 3 rings (SSSR count). The number of hydrogen-bond acceptors (Lipinski definition) is 7. The minimum Gasteiger partial charge on any atom is -0.344 e. The summed E-state index contributed by atoms with van der Waals surface area (Å²) < 4.78 is 63.5. The Morgan fingerprint density at radius 1 is 0.865 bits per heavy atom. The van der Waals surface area contributed by atoms with E-state index in [0.717, 1.165) is 16.0 Å². The van der Waals surface area contributed by atoms with Crippen LogP contribution in [0.4, 0.5) is 0 Å². The summed E-state index contributed by atoms with van der Waals surface area (Å²) in [5, 5.41) is -0.616. The fraction of sp³-hybridized carbons (Fsp3) is 0.240. The van der Waals surface area contributed by atoms with E-state index in [4.69, 9.17) is 18.6 Å². The summed E-state index contributed by atoms with van der Waals surface area (Å²) in [5.41, 5.74) is 1.72. The zero-order chi connectivity index (χ0) is 27.8. The summed E-state index contributed by atoms with van der Waals surface area (Å²) >= 11 is 0. The Kier molecular flexibility index (Phi) is 11.1. The molecule has 12 heteroatoms. The number of hydrogen-bond donors (Lipinski definition) is 1. The number of carbonyl (C=O) groups excluding carboxylic acids is 1. The fourth-order valence-electron chi connectivity index (χ4n) is 3.45. The molecule has 0 aliphatic rings. The number of carbonyl (C=O) groups is 1. The van der Waals surface area contributed by atoms with E-state index in [9.17, 15) is 13.2 Å². The van der Waals surface area contributed by atoms with Crippen LogP contribution in [0.15, 0.2) is 94.7 Å². The Morgan fingerprint density at radius 2 is 1.32 bits per heavy atom. The minimum absolute atomic E-state index is 0.125. The molecule has 0 spiro atoms. The standard InChI is InChI=1S/C25H29N2O3S2.ClHO4/c1-19-15-17-22(18-16-19)32(29,30)26-23(20-11-7-5-8-12-20)24(25(28)27(2)3)31(4)21-13-9-6-10-14-21;2-1(3,4)5/h5-18,23-24,26H,1-4H3;(H,2,3,4,5)/q+1;/p-1/t23-,24+,31?;/m1./s1. The van der Waals surface area contributed by atoms with E-state index in [0.29, 0.717) is 0 Å². The van der Waals surface area contributed by atoms with Crippen LogP contribution in [-0.4, -0.2) is 44.8 Å². The molecule has 9 nitrogen and oxygen atoms in total. The number of amides is 1. The van der Waals surface area contributed by atoms with Crippen LogP contribution < -0.4 is 23.4 Å². The van der Waals surface area contributed by atoms with Gasteiger partial charge in [-0.1, -0.05) is 66.2 Å². The smallest absolute Gasteiger partial charge is 0.277 e. The number of nitrogens with zero attached hydrogens (tertiary/aromatic N) is 1. The molecule has 1 unspecified atom stereocenters. The summed E-state index contributed by atoms with van der Waals surface area (Å²) in [4.78, 5) is 16.2. The van der Waals surface area contributed by atoms with Gasteiger partial charge in [0.2, 0.25) is 15.3 Å². The first-order valence-corrected chi connectivity index (χ1v) is 15.3. The van der Waals surface area contributed by atoms with Crippen LogP contribution in [0.25, 0.3) is 0 Å². The molecule has 37 heavy (non-hydrogen) atoms. The lowest BCUT2D eigenvalue weighted by molar-refractivity contribution is -2.00. The molecule has 3 atom stereocenters. The largest absolute Gasteiger partial charge is 0.344 e. The van der Waals surface area contributed by atoms with Crippen molar-refractivity contribution in [3.8, 4) is 0 Å². The van der Waals surface area contributed by atoms with Gasteiger partial charge < -0.3 is 4.90 Å². The van der Waals surface area contributed by atoms with E-state index < -0.39 is 42.5 Å². The summed E-state index contributed by atoms with van der Waals surface area (Å²) in [6, 6.07) is 25.1. The number of benzene rings is 3. The Bertz CT molecular complexity index is 1230. The Morgan fingerprint density at radius 3 is 1.78 bits per heavy atom. The minimum atomic E-state index is -4.94. The van der Waals surface area contributed by atoms with Crippen LogP contribution in [0.5, 0.6) is 0 Å². The highest BCUT2D eigenvalue weighted by molar-refractivity contribution is 7.97. The first-order valence-electron chi connectivity index (χ1n) is 10.9. The van der Waals surface area contributed by atoms with Crippen molar-refractivity contribution in [2.24, 2.45) is 0 Å². The van der Waals surface area contributed by atoms with Gasteiger partial charge in [0.1, 0.15) is 12.3 Å². The highest BCUT2D eigenvalue weighted by Gasteiger charge is 2.45. The predicted molar refractivity (Wildman–Crippen MR) is 131 cm³/mol. The van der Waals surface area contributed by atoms with Crippen LogP contribution in [0.1, 0.15) is 17.2 Å². The molecule has 0 fully saturated rings. The first kappa shape index (κ1) is 30.7. The Hall–Kier alpha value is -2.48. The van der Waals surface area contributed by atoms with E-state index in [1.54, 1.807) is 38.4 Å². The molecular weight excluding hydrogens is 540 g/mol. The van der Waals surface area contributed by atoms with E-state index in [1.165, 1.54) is 4.90 Å². The first-order chi connectivity index (χ1) is 17.2. The monoisotopic (exact) mass is 568 g/mol. The van der Waals surface area contributed by atoms with Crippen LogP contribution in [0.2, 0.25) is 0 Å². The molecule has 1 amide bonds. The van der Waals surface area contributed by atoms with Crippen LogP contribution >= 0.6 is 0 Å². The average molecular weight is 569 g/mol. The normalized spacial score (nSPS) is 14.1. The van der Waals surface area contributed by atoms with E-state index in [2.05, 4.69) is 4.72 Å². The van der Waals surface area contributed by atoms with Crippen molar-refractivity contribution >= 4 is 26.8 Å².